The van der Waals surface area contributed by atoms with Crippen LogP contribution in [0.25, 0.3) is 6.08 Å². The molecule has 3 rings (SSSR count). The smallest absolute Gasteiger partial charge is 0.266 e. The number of rotatable bonds is 8. The van der Waals surface area contributed by atoms with Crippen molar-refractivity contribution in [2.45, 2.75) is 13.8 Å². The van der Waals surface area contributed by atoms with Gasteiger partial charge >= 0.3 is 0 Å². The van der Waals surface area contributed by atoms with Crippen molar-refractivity contribution in [3.63, 3.8) is 0 Å². The van der Waals surface area contributed by atoms with Crippen molar-refractivity contribution in [3.05, 3.63) is 89.0 Å². The van der Waals surface area contributed by atoms with Crippen molar-refractivity contribution in [2.24, 2.45) is 0 Å². The third-order valence-electron chi connectivity index (χ3n) is 5.14. The molecule has 3 aromatic rings. The zero-order valence-corrected chi connectivity index (χ0v) is 19.2. The third-order valence-corrected chi connectivity index (χ3v) is 5.14. The first-order chi connectivity index (χ1) is 16.4. The van der Waals surface area contributed by atoms with Gasteiger partial charge in [-0.2, -0.15) is 5.26 Å². The zero-order valence-electron chi connectivity index (χ0n) is 19.2. The van der Waals surface area contributed by atoms with Crippen LogP contribution in [0.2, 0.25) is 0 Å². The number of methoxy groups -OCH3 is 1. The molecule has 172 valence electrons. The summed E-state index contributed by atoms with van der Waals surface area (Å²) in [5.41, 5.74) is 3.73. The van der Waals surface area contributed by atoms with E-state index in [2.05, 4.69) is 10.6 Å². The first kappa shape index (κ1) is 24.1. The summed E-state index contributed by atoms with van der Waals surface area (Å²) in [7, 11) is 1.53. The summed E-state index contributed by atoms with van der Waals surface area (Å²) < 4.78 is 10.8. The highest BCUT2D eigenvalue weighted by molar-refractivity contribution is 6.10. The summed E-state index contributed by atoms with van der Waals surface area (Å²) in [4.78, 5) is 24.9. The fourth-order valence-electron chi connectivity index (χ4n) is 3.17. The molecule has 2 N–H and O–H groups in total. The lowest BCUT2D eigenvalue weighted by molar-refractivity contribution is -0.118. The largest absolute Gasteiger partial charge is 0.495 e. The van der Waals surface area contributed by atoms with Crippen molar-refractivity contribution in [2.75, 3.05) is 24.4 Å². The molecule has 7 nitrogen and oxygen atoms in total. The molecule has 0 spiro atoms. The molecule has 0 bridgehead atoms. The Bertz CT molecular complexity index is 1270. The highest BCUT2D eigenvalue weighted by Crippen LogP contribution is 2.23. The number of anilines is 2. The predicted molar refractivity (Wildman–Crippen MR) is 132 cm³/mol. The van der Waals surface area contributed by atoms with Crippen molar-refractivity contribution < 1.29 is 19.1 Å². The number of carbonyl (C=O) groups is 2. The Morgan fingerprint density at radius 2 is 1.71 bits per heavy atom. The summed E-state index contributed by atoms with van der Waals surface area (Å²) in [6, 6.07) is 21.4. The van der Waals surface area contributed by atoms with E-state index in [1.54, 1.807) is 48.5 Å². The lowest BCUT2D eigenvalue weighted by atomic mass is 10.1. The number of nitrogens with zero attached hydrogens (tertiary/aromatic N) is 1. The number of para-hydroxylation sites is 2. The van der Waals surface area contributed by atoms with E-state index in [9.17, 15) is 14.9 Å². The minimum Gasteiger partial charge on any atom is -0.495 e. The van der Waals surface area contributed by atoms with Gasteiger partial charge in [-0.15, -0.1) is 0 Å². The number of hydrogen-bond donors (Lipinski definition) is 2. The van der Waals surface area contributed by atoms with Crippen molar-refractivity contribution in [3.8, 4) is 17.6 Å². The molecule has 0 saturated heterocycles. The zero-order chi connectivity index (χ0) is 24.5. The van der Waals surface area contributed by atoms with Gasteiger partial charge in [-0.3, -0.25) is 9.59 Å². The van der Waals surface area contributed by atoms with Gasteiger partial charge in [-0.25, -0.2) is 0 Å². The van der Waals surface area contributed by atoms with Gasteiger partial charge in [-0.1, -0.05) is 36.4 Å². The first-order valence-electron chi connectivity index (χ1n) is 10.6. The van der Waals surface area contributed by atoms with Crippen LogP contribution in [0.3, 0.4) is 0 Å². The second-order valence-corrected chi connectivity index (χ2v) is 7.48. The van der Waals surface area contributed by atoms with E-state index in [0.717, 1.165) is 11.1 Å². The van der Waals surface area contributed by atoms with Crippen LogP contribution in [0.5, 0.6) is 11.5 Å². The SMILES string of the molecule is COc1ccccc1NC(=O)COc1cccc(/C=C(/C#N)C(=O)Nc2cccc(C)c2C)c1. The number of amides is 2. The molecule has 0 heterocycles. The molecule has 0 aliphatic carbocycles. The Morgan fingerprint density at radius 3 is 2.47 bits per heavy atom. The van der Waals surface area contributed by atoms with Gasteiger partial charge in [0.25, 0.3) is 11.8 Å². The Hall–Kier alpha value is -4.57. The van der Waals surface area contributed by atoms with Gasteiger partial charge < -0.3 is 20.1 Å². The highest BCUT2D eigenvalue weighted by Gasteiger charge is 2.12. The Kier molecular flexibility index (Phi) is 8.03. The minimum absolute atomic E-state index is 0.0491. The summed E-state index contributed by atoms with van der Waals surface area (Å²) in [5, 5.41) is 15.0. The van der Waals surface area contributed by atoms with E-state index < -0.39 is 5.91 Å². The van der Waals surface area contributed by atoms with Gasteiger partial charge in [-0.05, 0) is 66.9 Å². The number of aryl methyl sites for hydroxylation is 1. The molecule has 7 heteroatoms. The molecule has 0 unspecified atom stereocenters. The van der Waals surface area contributed by atoms with Crippen molar-refractivity contribution >= 4 is 29.3 Å². The molecule has 0 aliphatic heterocycles. The van der Waals surface area contributed by atoms with Crippen LogP contribution in [-0.2, 0) is 9.59 Å². The summed E-state index contributed by atoms with van der Waals surface area (Å²) >= 11 is 0. The van der Waals surface area contributed by atoms with Gasteiger partial charge in [0.2, 0.25) is 0 Å². The van der Waals surface area contributed by atoms with Gasteiger partial charge in [0.1, 0.15) is 23.1 Å². The summed E-state index contributed by atoms with van der Waals surface area (Å²) in [6.07, 6.45) is 1.47. The molecule has 34 heavy (non-hydrogen) atoms. The minimum atomic E-state index is -0.501. The first-order valence-corrected chi connectivity index (χ1v) is 10.6. The average molecular weight is 456 g/mol. The fourth-order valence-corrected chi connectivity index (χ4v) is 3.17. The molecule has 0 radical (unpaired) electrons. The van der Waals surface area contributed by atoms with E-state index in [1.807, 2.05) is 38.1 Å². The molecule has 3 aromatic carbocycles. The quantitative estimate of drug-likeness (QED) is 0.373. The summed E-state index contributed by atoms with van der Waals surface area (Å²) in [5.74, 6) is 0.122. The Balaban J connectivity index is 1.66. The highest BCUT2D eigenvalue weighted by atomic mass is 16.5. The maximum absolute atomic E-state index is 12.6. The molecule has 0 saturated carbocycles. The Morgan fingerprint density at radius 1 is 0.971 bits per heavy atom. The fraction of sp³-hybridized carbons (Fsp3) is 0.148. The predicted octanol–water partition coefficient (Wildman–Crippen LogP) is 4.88. The number of carbonyl (C=O) groups excluding carboxylic acids is 2. The lowest BCUT2D eigenvalue weighted by Gasteiger charge is -2.11. The van der Waals surface area contributed by atoms with Crippen LogP contribution in [0.1, 0.15) is 16.7 Å². The van der Waals surface area contributed by atoms with Gasteiger partial charge in [0, 0.05) is 5.69 Å². The van der Waals surface area contributed by atoms with Crippen LogP contribution in [0.4, 0.5) is 11.4 Å². The number of nitriles is 1. The van der Waals surface area contributed by atoms with E-state index in [-0.39, 0.29) is 18.1 Å². The van der Waals surface area contributed by atoms with Crippen LogP contribution in [-0.4, -0.2) is 25.5 Å². The second-order valence-electron chi connectivity index (χ2n) is 7.48. The number of hydrogen-bond acceptors (Lipinski definition) is 5. The molecule has 0 atom stereocenters. The normalized spacial score (nSPS) is 10.7. The van der Waals surface area contributed by atoms with Crippen LogP contribution in [0, 0.1) is 25.2 Å². The second kappa shape index (κ2) is 11.3. The monoisotopic (exact) mass is 455 g/mol. The maximum Gasteiger partial charge on any atom is 0.266 e. The van der Waals surface area contributed by atoms with E-state index in [1.165, 1.54) is 13.2 Å². The topological polar surface area (TPSA) is 100 Å². The lowest BCUT2D eigenvalue weighted by Crippen LogP contribution is -2.20. The molecule has 0 aliphatic rings. The van der Waals surface area contributed by atoms with Gasteiger partial charge in [0.15, 0.2) is 6.61 Å². The number of nitrogens with one attached hydrogen (secondary N) is 2. The molecular weight excluding hydrogens is 430 g/mol. The summed E-state index contributed by atoms with van der Waals surface area (Å²) in [6.45, 7) is 3.64. The van der Waals surface area contributed by atoms with E-state index >= 15 is 0 Å². The number of benzene rings is 3. The third kappa shape index (κ3) is 6.24. The van der Waals surface area contributed by atoms with Crippen molar-refractivity contribution in [1.29, 1.82) is 5.26 Å². The molecule has 0 fully saturated rings. The van der Waals surface area contributed by atoms with E-state index in [4.69, 9.17) is 9.47 Å². The van der Waals surface area contributed by atoms with E-state index in [0.29, 0.717) is 28.4 Å². The van der Waals surface area contributed by atoms with Crippen LogP contribution < -0.4 is 20.1 Å². The standard InChI is InChI=1S/C27H25N3O4/c1-18-8-6-12-23(19(18)2)30-27(32)21(16-28)14-20-9-7-10-22(15-20)34-17-26(31)29-24-11-4-5-13-25(24)33-3/h4-15H,17H2,1-3H3,(H,29,31)(H,30,32)/b21-14-. The number of ether oxygens (including phenoxy) is 2. The molecular formula is C27H25N3O4. The van der Waals surface area contributed by atoms with Gasteiger partial charge in [0.05, 0.1) is 12.8 Å². The Labute approximate surface area is 198 Å². The maximum atomic E-state index is 12.6. The van der Waals surface area contributed by atoms with Crippen LogP contribution >= 0.6 is 0 Å². The average Bonchev–Trinajstić information content (AvgIpc) is 2.84. The molecule has 2 amide bonds. The molecule has 0 aromatic heterocycles. The van der Waals surface area contributed by atoms with Crippen LogP contribution in [0.15, 0.2) is 72.3 Å². The van der Waals surface area contributed by atoms with Crippen molar-refractivity contribution in [1.82, 2.24) is 0 Å².